The smallest absolute Gasteiger partial charge is 0.182 e. The summed E-state index contributed by atoms with van der Waals surface area (Å²) < 4.78 is 20.0. The zero-order valence-electron chi connectivity index (χ0n) is 16.0. The molecule has 31 heavy (non-hydrogen) atoms. The van der Waals surface area contributed by atoms with E-state index in [9.17, 15) is 14.8 Å². The Labute approximate surface area is 181 Å². The Morgan fingerprint density at radius 2 is 1.94 bits per heavy atom. The fourth-order valence-electron chi connectivity index (χ4n) is 3.70. The highest BCUT2D eigenvalue weighted by Crippen LogP contribution is 2.48. The van der Waals surface area contributed by atoms with Gasteiger partial charge in [-0.25, -0.2) is 15.0 Å². The number of aliphatic hydroxyl groups excluding tert-OH is 2. The number of fused-ring (bicyclic) bond motifs is 3. The summed E-state index contributed by atoms with van der Waals surface area (Å²) in [5.41, 5.74) is 9.82. The molecule has 2 unspecified atom stereocenters. The van der Waals surface area contributed by atoms with Gasteiger partial charge in [0.25, 0.3) is 0 Å². The van der Waals surface area contributed by atoms with E-state index >= 15 is 0 Å². The van der Waals surface area contributed by atoms with Crippen LogP contribution in [0.4, 0.5) is 5.69 Å². The van der Waals surface area contributed by atoms with Crippen molar-refractivity contribution in [3.63, 3.8) is 0 Å². The van der Waals surface area contributed by atoms with Crippen LogP contribution in [0.25, 0.3) is 28.1 Å². The van der Waals surface area contributed by atoms with Gasteiger partial charge >= 0.3 is 0 Å². The second kappa shape index (κ2) is 8.47. The van der Waals surface area contributed by atoms with Crippen molar-refractivity contribution in [2.45, 2.75) is 24.5 Å². The lowest BCUT2D eigenvalue weighted by Crippen LogP contribution is -2.32. The number of nitrogens with zero attached hydrogens (tertiary/aromatic N) is 5. The number of aliphatic hydroxyl groups is 2. The molecule has 160 valence electrons. The van der Waals surface area contributed by atoms with Crippen molar-refractivity contribution in [1.29, 1.82) is 0 Å². The van der Waals surface area contributed by atoms with E-state index in [0.29, 0.717) is 36.9 Å². The topological polar surface area (TPSA) is 141 Å². The lowest BCUT2D eigenvalue weighted by Gasteiger charge is -2.16. The molecule has 0 bridgehead atoms. The minimum absolute atomic E-state index is 0.0977. The molecule has 4 N–H and O–H groups in total. The number of anilines is 1. The summed E-state index contributed by atoms with van der Waals surface area (Å²) in [6, 6.07) is 7.44. The fraction of sp³-hybridized carbons (Fsp3) is 0.278. The highest BCUT2D eigenvalue weighted by atomic mass is 32.4. The number of nitrogens with two attached hydrogens (primary N) is 1. The Morgan fingerprint density at radius 1 is 1.13 bits per heavy atom. The molecule has 4 aromatic rings. The molecule has 5 rings (SSSR count). The van der Waals surface area contributed by atoms with Crippen LogP contribution in [-0.2, 0) is 9.30 Å². The van der Waals surface area contributed by atoms with Crippen molar-refractivity contribution in [2.75, 3.05) is 11.9 Å². The molecule has 1 fully saturated rings. The summed E-state index contributed by atoms with van der Waals surface area (Å²) >= 11 is 0. The van der Waals surface area contributed by atoms with Gasteiger partial charge in [0.05, 0.1) is 18.1 Å². The summed E-state index contributed by atoms with van der Waals surface area (Å²) in [4.78, 5) is 13.6. The van der Waals surface area contributed by atoms with Crippen LogP contribution >= 0.6 is 24.4 Å². The van der Waals surface area contributed by atoms with Crippen molar-refractivity contribution in [1.82, 2.24) is 23.9 Å². The van der Waals surface area contributed by atoms with Gasteiger partial charge in [0.15, 0.2) is 31.2 Å². The van der Waals surface area contributed by atoms with Crippen molar-refractivity contribution in [3.05, 3.63) is 43.1 Å². The summed E-state index contributed by atoms with van der Waals surface area (Å²) in [7, 11) is 0.769. The average molecular weight is 476 g/mol. The molecule has 0 spiro atoms. The predicted octanol–water partition coefficient (Wildman–Crippen LogP) is 2.43. The van der Waals surface area contributed by atoms with Crippen LogP contribution in [-0.4, -0.2) is 58.6 Å². The molecule has 1 saturated heterocycles. The molecular weight excluding hydrogens is 457 g/mol. The Morgan fingerprint density at radius 3 is 2.71 bits per heavy atom. The van der Waals surface area contributed by atoms with Crippen LogP contribution < -0.4 is 5.73 Å². The lowest BCUT2D eigenvalue weighted by molar-refractivity contribution is -0.0289. The van der Waals surface area contributed by atoms with E-state index < -0.39 is 24.5 Å². The van der Waals surface area contributed by atoms with Crippen LogP contribution in [0.5, 0.6) is 0 Å². The minimum Gasteiger partial charge on any atom is -0.399 e. The van der Waals surface area contributed by atoms with E-state index in [2.05, 4.69) is 9.97 Å². The molecule has 1 aliphatic rings. The quantitative estimate of drug-likeness (QED) is 0.219. The van der Waals surface area contributed by atoms with Crippen molar-refractivity contribution in [3.8, 4) is 11.3 Å². The first kappa shape index (κ1) is 20.8. The van der Waals surface area contributed by atoms with Crippen molar-refractivity contribution in [2.24, 2.45) is 0 Å². The van der Waals surface area contributed by atoms with Crippen molar-refractivity contribution >= 4 is 46.9 Å². The Hall–Kier alpha value is -2.05. The van der Waals surface area contributed by atoms with Crippen LogP contribution in [0.1, 0.15) is 6.23 Å². The van der Waals surface area contributed by atoms with E-state index in [-0.39, 0.29) is 16.1 Å². The van der Waals surface area contributed by atoms with E-state index in [1.807, 2.05) is 30.5 Å². The first-order chi connectivity index (χ1) is 15.1. The van der Waals surface area contributed by atoms with E-state index in [0.717, 1.165) is 11.3 Å². The molecule has 1 aromatic carbocycles. The third kappa shape index (κ3) is 3.74. The maximum Gasteiger partial charge on any atom is 0.182 e. The monoisotopic (exact) mass is 476 g/mol. The standard InChI is InChI=1S/C18H19N6O4P3/c19-10-3-1-9(2-4-10)11-5-23-7-21-16-13(17(23)22-11)20-8-24(16)18-15(26)14(25)12(28-18)6-29-31-30-27/h1-5,7-8,12,14-15,18,25-26,29,31H,6,19H2/t12-,14-,15-,18-/m1/s1. The number of rotatable bonds is 6. The van der Waals surface area contributed by atoms with Crippen molar-refractivity contribution < 1.29 is 19.5 Å². The molecule has 13 heteroatoms. The van der Waals surface area contributed by atoms with Gasteiger partial charge in [-0.05, 0) is 26.3 Å². The summed E-state index contributed by atoms with van der Waals surface area (Å²) in [6.45, 7) is 0. The van der Waals surface area contributed by atoms with Gasteiger partial charge in [-0.2, -0.15) is 0 Å². The van der Waals surface area contributed by atoms with Crippen LogP contribution in [0.3, 0.4) is 0 Å². The molecule has 0 aliphatic carbocycles. The van der Waals surface area contributed by atoms with Gasteiger partial charge < -0.3 is 20.7 Å². The molecule has 3 aromatic heterocycles. The summed E-state index contributed by atoms with van der Waals surface area (Å²) in [5, 5.41) is 21.0. The van der Waals surface area contributed by atoms with Gasteiger partial charge in [-0.3, -0.25) is 13.5 Å². The molecule has 0 radical (unpaired) electrons. The molecule has 10 nitrogen and oxygen atoms in total. The third-order valence-electron chi connectivity index (χ3n) is 5.26. The highest BCUT2D eigenvalue weighted by molar-refractivity contribution is 8.40. The number of imidazole rings is 2. The van der Waals surface area contributed by atoms with Gasteiger partial charge in [0.2, 0.25) is 0 Å². The van der Waals surface area contributed by atoms with E-state index in [4.69, 9.17) is 15.5 Å². The highest BCUT2D eigenvalue weighted by Gasteiger charge is 2.44. The molecule has 0 saturated carbocycles. The number of nitrogen functional groups attached to an aromatic ring is 1. The second-order valence-electron chi connectivity index (χ2n) is 7.18. The van der Waals surface area contributed by atoms with Gasteiger partial charge in [0, 0.05) is 17.4 Å². The molecule has 6 atom stereocenters. The zero-order valence-corrected chi connectivity index (χ0v) is 18.9. The number of hydrogen-bond acceptors (Lipinski definition) is 8. The zero-order chi connectivity index (χ0) is 21.5. The minimum atomic E-state index is -1.12. The van der Waals surface area contributed by atoms with Crippen LogP contribution in [0, 0.1) is 0 Å². The molecule has 4 heterocycles. The summed E-state index contributed by atoms with van der Waals surface area (Å²) in [5.74, 6) is 0. The average Bonchev–Trinajstić information content (AvgIpc) is 3.46. The second-order valence-corrected chi connectivity index (χ2v) is 12.6. The van der Waals surface area contributed by atoms with E-state index in [1.54, 1.807) is 21.6 Å². The summed E-state index contributed by atoms with van der Waals surface area (Å²) in [6.07, 6.45) is 2.08. The third-order valence-corrected chi connectivity index (χ3v) is 9.72. The predicted molar refractivity (Wildman–Crippen MR) is 121 cm³/mol. The largest absolute Gasteiger partial charge is 0.399 e. The van der Waals surface area contributed by atoms with Gasteiger partial charge in [-0.15, -0.1) is 0 Å². The van der Waals surface area contributed by atoms with Gasteiger partial charge in [0.1, 0.15) is 18.5 Å². The van der Waals surface area contributed by atoms with Crippen LogP contribution in [0.2, 0.25) is 0 Å². The van der Waals surface area contributed by atoms with Crippen LogP contribution in [0.15, 0.2) is 43.1 Å². The number of ether oxygens (including phenoxy) is 1. The lowest BCUT2D eigenvalue weighted by atomic mass is 10.1. The Bertz CT molecular complexity index is 1250. The first-order valence-electron chi connectivity index (χ1n) is 9.45. The normalized spacial score (nSPS) is 24.7. The van der Waals surface area contributed by atoms with E-state index in [1.165, 1.54) is 0 Å². The number of hydrogen-bond donors (Lipinski definition) is 3. The molecular formula is C18H19N6O4P3. The Balaban J connectivity index is 1.49. The fourth-order valence-corrected chi connectivity index (χ4v) is 6.87. The molecule has 1 aliphatic heterocycles. The maximum atomic E-state index is 10.7. The Kier molecular flexibility index (Phi) is 5.69. The SMILES string of the molecule is Nc1ccc(-c2cn3cnc4c(ncn4[C@@H]4O[C@H](CPPP=O)[C@@H](O)[C@H]4O)c3n2)cc1. The first-order valence-corrected chi connectivity index (χ1v) is 14.3. The van der Waals surface area contributed by atoms with Gasteiger partial charge in [-0.1, -0.05) is 20.4 Å². The molecule has 0 amide bonds. The number of benzene rings is 1. The maximum absolute atomic E-state index is 10.7. The number of aromatic nitrogens is 5.